The van der Waals surface area contributed by atoms with Crippen molar-refractivity contribution in [1.82, 2.24) is 9.78 Å². The summed E-state index contributed by atoms with van der Waals surface area (Å²) in [4.78, 5) is 12.1. The van der Waals surface area contributed by atoms with Crippen molar-refractivity contribution in [2.24, 2.45) is 7.05 Å². The lowest BCUT2D eigenvalue weighted by molar-refractivity contribution is 0.101. The Labute approximate surface area is 109 Å². The summed E-state index contributed by atoms with van der Waals surface area (Å²) in [6.45, 7) is 1.72. The van der Waals surface area contributed by atoms with Crippen molar-refractivity contribution >= 4 is 23.2 Å². The van der Waals surface area contributed by atoms with Gasteiger partial charge in [0.1, 0.15) is 11.4 Å². The Morgan fingerprint density at radius 1 is 1.44 bits per heavy atom. The molecule has 1 amide bonds. The maximum atomic E-state index is 12.1. The maximum Gasteiger partial charge on any atom is 0.275 e. The number of carbonyl (C=O) groups is 1. The Balaban J connectivity index is 2.31. The smallest absolute Gasteiger partial charge is 0.275 e. The third-order valence-corrected chi connectivity index (χ3v) is 2.97. The highest BCUT2D eigenvalue weighted by Gasteiger charge is 2.19. The van der Waals surface area contributed by atoms with Gasteiger partial charge < -0.3 is 10.4 Å². The fraction of sp³-hybridized carbons (Fsp3) is 0.167. The third kappa shape index (κ3) is 2.17. The largest absolute Gasteiger partial charge is 0.506 e. The number of halogens is 1. The van der Waals surface area contributed by atoms with Gasteiger partial charge >= 0.3 is 0 Å². The Morgan fingerprint density at radius 3 is 2.67 bits per heavy atom. The normalized spacial score (nSPS) is 10.4. The second kappa shape index (κ2) is 4.70. The van der Waals surface area contributed by atoms with E-state index in [1.54, 1.807) is 32.2 Å². The van der Waals surface area contributed by atoms with Gasteiger partial charge in [-0.15, -0.1) is 0 Å². The number of benzene rings is 1. The first-order valence-electron chi connectivity index (χ1n) is 5.29. The van der Waals surface area contributed by atoms with Gasteiger partial charge in [0.25, 0.3) is 5.91 Å². The quantitative estimate of drug-likeness (QED) is 0.819. The molecule has 0 spiro atoms. The lowest BCUT2D eigenvalue weighted by Gasteiger charge is -2.07. The molecule has 0 saturated carbocycles. The van der Waals surface area contributed by atoms with Crippen LogP contribution in [0.2, 0.25) is 5.02 Å². The van der Waals surface area contributed by atoms with Crippen molar-refractivity contribution in [3.05, 3.63) is 40.7 Å². The van der Waals surface area contributed by atoms with E-state index in [1.165, 1.54) is 10.7 Å². The monoisotopic (exact) mass is 265 g/mol. The van der Waals surface area contributed by atoms with Crippen molar-refractivity contribution in [3.63, 3.8) is 0 Å². The lowest BCUT2D eigenvalue weighted by atomic mass is 10.2. The Kier molecular flexibility index (Phi) is 3.25. The summed E-state index contributed by atoms with van der Waals surface area (Å²) in [5.41, 5.74) is 1.18. The van der Waals surface area contributed by atoms with Crippen LogP contribution in [-0.4, -0.2) is 20.8 Å². The Bertz CT molecular complexity index is 607. The first-order valence-corrected chi connectivity index (χ1v) is 5.67. The van der Waals surface area contributed by atoms with E-state index in [2.05, 4.69) is 10.4 Å². The molecule has 94 valence electrons. The van der Waals surface area contributed by atoms with Crippen LogP contribution in [0.25, 0.3) is 0 Å². The molecule has 1 aromatic heterocycles. The minimum absolute atomic E-state index is 0.000799. The highest BCUT2D eigenvalue weighted by atomic mass is 35.5. The molecule has 0 bridgehead atoms. The van der Waals surface area contributed by atoms with Crippen molar-refractivity contribution in [3.8, 4) is 5.75 Å². The minimum Gasteiger partial charge on any atom is -0.506 e. The number of rotatable bonds is 2. The molecule has 0 atom stereocenters. The zero-order valence-corrected chi connectivity index (χ0v) is 10.7. The van der Waals surface area contributed by atoms with Crippen LogP contribution in [0.15, 0.2) is 24.3 Å². The van der Waals surface area contributed by atoms with Crippen LogP contribution in [0.4, 0.5) is 5.69 Å². The van der Waals surface area contributed by atoms with Crippen molar-refractivity contribution in [2.45, 2.75) is 6.92 Å². The summed E-state index contributed by atoms with van der Waals surface area (Å²) in [7, 11) is 1.64. The molecule has 0 aliphatic carbocycles. The molecular weight excluding hydrogens is 254 g/mol. The summed E-state index contributed by atoms with van der Waals surface area (Å²) in [6, 6.07) is 6.48. The molecule has 6 heteroatoms. The van der Waals surface area contributed by atoms with Gasteiger partial charge in [-0.05, 0) is 19.1 Å². The van der Waals surface area contributed by atoms with Crippen LogP contribution in [0, 0.1) is 6.92 Å². The van der Waals surface area contributed by atoms with Crippen molar-refractivity contribution < 1.29 is 9.90 Å². The van der Waals surface area contributed by atoms with Crippen molar-refractivity contribution in [2.75, 3.05) is 5.32 Å². The van der Waals surface area contributed by atoms with Gasteiger partial charge in [-0.2, -0.15) is 5.10 Å². The van der Waals surface area contributed by atoms with E-state index in [9.17, 15) is 9.90 Å². The molecule has 0 fully saturated rings. The second-order valence-corrected chi connectivity index (χ2v) is 4.22. The topological polar surface area (TPSA) is 67.2 Å². The fourth-order valence-corrected chi connectivity index (χ4v) is 1.89. The first kappa shape index (κ1) is 12.4. The van der Waals surface area contributed by atoms with E-state index in [0.29, 0.717) is 16.4 Å². The van der Waals surface area contributed by atoms with E-state index >= 15 is 0 Å². The van der Waals surface area contributed by atoms with Crippen LogP contribution in [-0.2, 0) is 7.05 Å². The molecule has 1 aromatic carbocycles. The number of aryl methyl sites for hydroxylation is 2. The van der Waals surface area contributed by atoms with Gasteiger partial charge in [-0.25, -0.2) is 0 Å². The van der Waals surface area contributed by atoms with E-state index in [1.807, 2.05) is 0 Å². The van der Waals surface area contributed by atoms with Crippen LogP contribution in [0.3, 0.4) is 0 Å². The molecule has 0 aliphatic heterocycles. The molecule has 5 nitrogen and oxygen atoms in total. The highest BCUT2D eigenvalue weighted by Crippen LogP contribution is 2.24. The fourth-order valence-electron chi connectivity index (χ4n) is 1.64. The highest BCUT2D eigenvalue weighted by molar-refractivity contribution is 6.34. The summed E-state index contributed by atoms with van der Waals surface area (Å²) in [5, 5.41) is 16.5. The summed E-state index contributed by atoms with van der Waals surface area (Å²) in [5.74, 6) is -0.412. The molecule has 1 heterocycles. The van der Waals surface area contributed by atoms with Crippen LogP contribution >= 0.6 is 11.6 Å². The number of phenols is 1. The SMILES string of the molecule is Cc1nn(C)c(C(=O)Nc2ccccc2O)c1Cl. The predicted molar refractivity (Wildman–Crippen MR) is 69.0 cm³/mol. The molecule has 0 unspecified atom stereocenters. The molecule has 0 saturated heterocycles. The Morgan fingerprint density at radius 2 is 2.11 bits per heavy atom. The van der Waals surface area contributed by atoms with Gasteiger partial charge in [0.15, 0.2) is 0 Å². The van der Waals surface area contributed by atoms with Crippen LogP contribution < -0.4 is 5.32 Å². The van der Waals surface area contributed by atoms with Gasteiger partial charge in [0.2, 0.25) is 0 Å². The van der Waals surface area contributed by atoms with E-state index in [-0.39, 0.29) is 11.4 Å². The van der Waals surface area contributed by atoms with Gasteiger partial charge in [-0.3, -0.25) is 9.48 Å². The average molecular weight is 266 g/mol. The van der Waals surface area contributed by atoms with Crippen molar-refractivity contribution in [1.29, 1.82) is 0 Å². The minimum atomic E-state index is -0.412. The number of aromatic hydroxyl groups is 1. The molecule has 0 radical (unpaired) electrons. The maximum absolute atomic E-state index is 12.1. The van der Waals surface area contributed by atoms with Crippen LogP contribution in [0.1, 0.15) is 16.2 Å². The number of aromatic nitrogens is 2. The van der Waals surface area contributed by atoms with Gasteiger partial charge in [0.05, 0.1) is 16.4 Å². The summed E-state index contributed by atoms with van der Waals surface area (Å²) >= 11 is 6.01. The zero-order valence-electron chi connectivity index (χ0n) is 9.94. The predicted octanol–water partition coefficient (Wildman–Crippen LogP) is 2.34. The van der Waals surface area contributed by atoms with E-state index < -0.39 is 5.91 Å². The molecule has 0 aliphatic rings. The molecular formula is C12H12ClN3O2. The van der Waals surface area contributed by atoms with Gasteiger partial charge in [0, 0.05) is 7.05 Å². The molecule has 2 rings (SSSR count). The number of carbonyl (C=O) groups excluding carboxylic acids is 1. The molecule has 2 N–H and O–H groups in total. The Hall–Kier alpha value is -2.01. The van der Waals surface area contributed by atoms with E-state index in [0.717, 1.165) is 0 Å². The first-order chi connectivity index (χ1) is 8.50. The van der Waals surface area contributed by atoms with E-state index in [4.69, 9.17) is 11.6 Å². The number of anilines is 1. The number of hydrogen-bond donors (Lipinski definition) is 2. The number of hydrogen-bond acceptors (Lipinski definition) is 3. The zero-order chi connectivity index (χ0) is 13.3. The number of nitrogens with one attached hydrogen (secondary N) is 1. The standard InChI is InChI=1S/C12H12ClN3O2/c1-7-10(13)11(16(2)15-7)12(18)14-8-5-3-4-6-9(8)17/h3-6,17H,1-2H3,(H,14,18). The third-order valence-electron chi connectivity index (χ3n) is 2.52. The number of para-hydroxylation sites is 2. The number of nitrogens with zero attached hydrogens (tertiary/aromatic N) is 2. The summed E-state index contributed by atoms with van der Waals surface area (Å²) in [6.07, 6.45) is 0. The number of amides is 1. The molecule has 2 aromatic rings. The number of phenolic OH excluding ortho intramolecular Hbond substituents is 1. The van der Waals surface area contributed by atoms with Crippen LogP contribution in [0.5, 0.6) is 5.75 Å². The average Bonchev–Trinajstić information content (AvgIpc) is 2.56. The lowest BCUT2D eigenvalue weighted by Crippen LogP contribution is -2.16. The second-order valence-electron chi connectivity index (χ2n) is 3.84. The van der Waals surface area contributed by atoms with Gasteiger partial charge in [-0.1, -0.05) is 23.7 Å². The molecule has 18 heavy (non-hydrogen) atoms. The summed E-state index contributed by atoms with van der Waals surface area (Å²) < 4.78 is 1.41.